The highest BCUT2D eigenvalue weighted by Gasteiger charge is 2.03. The van der Waals surface area contributed by atoms with Crippen LogP contribution >= 0.6 is 46.7 Å². The van der Waals surface area contributed by atoms with E-state index in [9.17, 15) is 0 Å². The first-order valence-electron chi connectivity index (χ1n) is 5.03. The minimum absolute atomic E-state index is 0.524. The molecule has 0 saturated heterocycles. The Morgan fingerprint density at radius 3 is 2.75 bits per heavy atom. The van der Waals surface area contributed by atoms with E-state index in [4.69, 9.17) is 28.9 Å². The Balaban J connectivity index is 2.34. The monoisotopic (exact) mass is 295 g/mol. The lowest BCUT2D eigenvalue weighted by Gasteiger charge is -2.08. The number of thioether (sulfide) groups is 2. The van der Waals surface area contributed by atoms with Crippen molar-refractivity contribution in [2.24, 2.45) is 5.73 Å². The van der Waals surface area contributed by atoms with E-state index in [1.54, 1.807) is 17.8 Å². The Bertz CT molecular complexity index is 334. The molecule has 0 spiro atoms. The minimum atomic E-state index is 0.524. The van der Waals surface area contributed by atoms with Crippen molar-refractivity contribution in [1.29, 1.82) is 0 Å². The molecule has 0 amide bonds. The van der Waals surface area contributed by atoms with Gasteiger partial charge < -0.3 is 5.73 Å². The lowest BCUT2D eigenvalue weighted by molar-refractivity contribution is 0.952. The molecule has 5 heteroatoms. The number of hydrogen-bond acceptors (Lipinski definition) is 3. The van der Waals surface area contributed by atoms with Crippen LogP contribution in [0.5, 0.6) is 0 Å². The minimum Gasteiger partial charge on any atom is -0.329 e. The molecule has 0 aromatic heterocycles. The third kappa shape index (κ3) is 5.19. The van der Waals surface area contributed by atoms with E-state index in [-0.39, 0.29) is 0 Å². The van der Waals surface area contributed by atoms with Crippen LogP contribution in [0.15, 0.2) is 23.1 Å². The highest BCUT2D eigenvalue weighted by atomic mass is 35.5. The predicted molar refractivity (Wildman–Crippen MR) is 78.2 cm³/mol. The van der Waals surface area contributed by atoms with Crippen LogP contribution in [0.2, 0.25) is 10.0 Å². The second-order valence-corrected chi connectivity index (χ2v) is 6.87. The fourth-order valence-electron chi connectivity index (χ4n) is 1.06. The van der Waals surface area contributed by atoms with Crippen LogP contribution in [-0.2, 0) is 0 Å². The summed E-state index contributed by atoms with van der Waals surface area (Å²) in [6.45, 7) is 2.87. The third-order valence-corrected chi connectivity index (χ3v) is 5.16. The first-order valence-corrected chi connectivity index (χ1v) is 7.82. The van der Waals surface area contributed by atoms with Crippen LogP contribution in [0, 0.1) is 0 Å². The van der Waals surface area contributed by atoms with E-state index in [1.165, 1.54) is 0 Å². The summed E-state index contributed by atoms with van der Waals surface area (Å²) < 4.78 is 0. The third-order valence-electron chi connectivity index (χ3n) is 1.97. The quantitative estimate of drug-likeness (QED) is 0.630. The molecule has 0 bridgehead atoms. The molecular weight excluding hydrogens is 281 g/mol. The molecule has 1 aromatic rings. The molecule has 0 saturated carbocycles. The van der Waals surface area contributed by atoms with Gasteiger partial charge in [-0.3, -0.25) is 0 Å². The number of nitrogens with two attached hydrogens (primary N) is 1. The first kappa shape index (κ1) is 14.5. The number of rotatable bonds is 6. The average molecular weight is 296 g/mol. The molecule has 1 unspecified atom stereocenters. The molecule has 0 radical (unpaired) electrons. The van der Waals surface area contributed by atoms with Gasteiger partial charge in [-0.1, -0.05) is 30.1 Å². The predicted octanol–water partition coefficient (Wildman–Crippen LogP) is 4.17. The van der Waals surface area contributed by atoms with Gasteiger partial charge in [-0.15, -0.1) is 11.8 Å². The molecule has 1 nitrogen and oxygen atoms in total. The summed E-state index contributed by atoms with van der Waals surface area (Å²) >= 11 is 15.6. The van der Waals surface area contributed by atoms with Gasteiger partial charge in [0.05, 0.1) is 5.02 Å². The van der Waals surface area contributed by atoms with E-state index in [0.29, 0.717) is 5.25 Å². The van der Waals surface area contributed by atoms with E-state index >= 15 is 0 Å². The van der Waals surface area contributed by atoms with Crippen molar-refractivity contribution in [3.8, 4) is 0 Å². The number of benzene rings is 1. The first-order chi connectivity index (χ1) is 7.63. The van der Waals surface area contributed by atoms with Gasteiger partial charge in [0.15, 0.2) is 0 Å². The summed E-state index contributed by atoms with van der Waals surface area (Å²) in [6, 6.07) is 5.55. The van der Waals surface area contributed by atoms with Gasteiger partial charge in [-0.05, 0) is 18.2 Å². The van der Waals surface area contributed by atoms with Gasteiger partial charge in [-0.2, -0.15) is 11.8 Å². The lowest BCUT2D eigenvalue weighted by Crippen LogP contribution is -2.13. The highest BCUT2D eigenvalue weighted by Crippen LogP contribution is 2.30. The Hall–Kier alpha value is 0.460. The second kappa shape index (κ2) is 7.72. The smallest absolute Gasteiger partial charge is 0.0542 e. The molecular formula is C11H15Cl2NS2. The van der Waals surface area contributed by atoms with Gasteiger partial charge in [0.1, 0.15) is 0 Å². The SMILES string of the molecule is CC(CN)SCCSc1cc(Cl)ccc1Cl. The van der Waals surface area contributed by atoms with Crippen LogP contribution in [0.1, 0.15) is 6.92 Å². The largest absolute Gasteiger partial charge is 0.329 e. The van der Waals surface area contributed by atoms with Crippen molar-refractivity contribution in [3.05, 3.63) is 28.2 Å². The summed E-state index contributed by atoms with van der Waals surface area (Å²) in [7, 11) is 0. The maximum atomic E-state index is 6.06. The van der Waals surface area contributed by atoms with E-state index in [2.05, 4.69) is 6.92 Å². The van der Waals surface area contributed by atoms with E-state index < -0.39 is 0 Å². The summed E-state index contributed by atoms with van der Waals surface area (Å²) in [4.78, 5) is 1.05. The number of hydrogen-bond donors (Lipinski definition) is 1. The van der Waals surface area contributed by atoms with Gasteiger partial charge in [0.2, 0.25) is 0 Å². The molecule has 0 fully saturated rings. The molecule has 0 aliphatic carbocycles. The maximum absolute atomic E-state index is 6.06. The molecule has 2 N–H and O–H groups in total. The van der Waals surface area contributed by atoms with Crippen LogP contribution in [0.25, 0.3) is 0 Å². The lowest BCUT2D eigenvalue weighted by atomic mass is 10.4. The Labute approximate surface area is 115 Å². The zero-order valence-electron chi connectivity index (χ0n) is 9.08. The van der Waals surface area contributed by atoms with Gasteiger partial charge in [0.25, 0.3) is 0 Å². The molecule has 1 atom stereocenters. The molecule has 0 aliphatic heterocycles. The standard InChI is InChI=1S/C11H15Cl2NS2/c1-8(7-14)15-4-5-16-11-6-9(12)2-3-10(11)13/h2-3,6,8H,4-5,7,14H2,1H3. The fraction of sp³-hybridized carbons (Fsp3) is 0.455. The molecule has 0 heterocycles. The van der Waals surface area contributed by atoms with Crippen LogP contribution < -0.4 is 5.73 Å². The normalized spacial score (nSPS) is 12.8. The van der Waals surface area contributed by atoms with Crippen LogP contribution in [0.4, 0.5) is 0 Å². The summed E-state index contributed by atoms with van der Waals surface area (Å²) in [5, 5.41) is 2.02. The maximum Gasteiger partial charge on any atom is 0.0542 e. The van der Waals surface area contributed by atoms with Crippen molar-refractivity contribution in [2.75, 3.05) is 18.1 Å². The van der Waals surface area contributed by atoms with Gasteiger partial charge in [-0.25, -0.2) is 0 Å². The molecule has 90 valence electrons. The van der Waals surface area contributed by atoms with Crippen LogP contribution in [-0.4, -0.2) is 23.3 Å². The molecule has 16 heavy (non-hydrogen) atoms. The molecule has 1 aromatic carbocycles. The zero-order valence-corrected chi connectivity index (χ0v) is 12.2. The number of halogens is 2. The topological polar surface area (TPSA) is 26.0 Å². The summed E-state index contributed by atoms with van der Waals surface area (Å²) in [5.74, 6) is 2.10. The zero-order chi connectivity index (χ0) is 12.0. The van der Waals surface area contributed by atoms with Crippen molar-refractivity contribution >= 4 is 46.7 Å². The van der Waals surface area contributed by atoms with E-state index in [1.807, 2.05) is 23.9 Å². The van der Waals surface area contributed by atoms with E-state index in [0.717, 1.165) is 33.0 Å². The Morgan fingerprint density at radius 1 is 1.31 bits per heavy atom. The van der Waals surface area contributed by atoms with Crippen molar-refractivity contribution in [3.63, 3.8) is 0 Å². The Kier molecular flexibility index (Phi) is 7.01. The van der Waals surface area contributed by atoms with Crippen molar-refractivity contribution in [1.82, 2.24) is 0 Å². The molecule has 0 aliphatic rings. The van der Waals surface area contributed by atoms with Gasteiger partial charge >= 0.3 is 0 Å². The summed E-state index contributed by atoms with van der Waals surface area (Å²) in [5.41, 5.74) is 5.54. The summed E-state index contributed by atoms with van der Waals surface area (Å²) in [6.07, 6.45) is 0. The highest BCUT2D eigenvalue weighted by molar-refractivity contribution is 8.03. The molecule has 1 rings (SSSR count). The average Bonchev–Trinajstić information content (AvgIpc) is 2.28. The second-order valence-electron chi connectivity index (χ2n) is 3.34. The Morgan fingerprint density at radius 2 is 2.06 bits per heavy atom. The van der Waals surface area contributed by atoms with Crippen molar-refractivity contribution < 1.29 is 0 Å². The van der Waals surface area contributed by atoms with Crippen LogP contribution in [0.3, 0.4) is 0 Å². The van der Waals surface area contributed by atoms with Crippen molar-refractivity contribution in [2.45, 2.75) is 17.1 Å². The fourth-order valence-corrected chi connectivity index (χ4v) is 3.47. The van der Waals surface area contributed by atoms with Gasteiger partial charge in [0, 0.05) is 33.2 Å².